The summed E-state index contributed by atoms with van der Waals surface area (Å²) >= 11 is 0. The van der Waals surface area contributed by atoms with Gasteiger partial charge in [-0.25, -0.2) is 0 Å². The zero-order valence-electron chi connectivity index (χ0n) is 17.2. The van der Waals surface area contributed by atoms with Crippen LogP contribution >= 0.6 is 0 Å². The van der Waals surface area contributed by atoms with E-state index in [0.29, 0.717) is 11.8 Å². The third-order valence-corrected chi connectivity index (χ3v) is 8.04. The van der Waals surface area contributed by atoms with E-state index in [1.807, 2.05) is 0 Å². The van der Waals surface area contributed by atoms with Crippen molar-refractivity contribution in [2.45, 2.75) is 76.8 Å². The van der Waals surface area contributed by atoms with Crippen molar-refractivity contribution >= 4 is 0 Å². The summed E-state index contributed by atoms with van der Waals surface area (Å²) in [6.45, 7) is 9.93. The second kappa shape index (κ2) is 7.24. The number of hydrogen-bond donors (Lipinski definition) is 0. The van der Waals surface area contributed by atoms with Gasteiger partial charge in [0.1, 0.15) is 0 Å². The minimum Gasteiger partial charge on any atom is -0.379 e. The lowest BCUT2D eigenvalue weighted by molar-refractivity contribution is -0.385. The Morgan fingerprint density at radius 3 is 2.04 bits per heavy atom. The van der Waals surface area contributed by atoms with Gasteiger partial charge in [-0.05, 0) is 56.3 Å². The molecular formula is C22H37NO4. The number of ether oxygens (including phenoxy) is 2. The van der Waals surface area contributed by atoms with Crippen LogP contribution in [0.4, 0.5) is 0 Å². The fourth-order valence-electron chi connectivity index (χ4n) is 6.72. The smallest absolute Gasteiger partial charge is 0.210 e. The summed E-state index contributed by atoms with van der Waals surface area (Å²) in [5.41, 5.74) is 0. The van der Waals surface area contributed by atoms with Crippen molar-refractivity contribution in [3.05, 3.63) is 0 Å². The molecule has 0 aromatic rings. The van der Waals surface area contributed by atoms with Gasteiger partial charge in [0.25, 0.3) is 0 Å². The molecule has 5 nitrogen and oxygen atoms in total. The number of hydrogen-bond acceptors (Lipinski definition) is 5. The molecular weight excluding hydrogens is 342 g/mol. The minimum atomic E-state index is -0.473. The van der Waals surface area contributed by atoms with Gasteiger partial charge in [-0.1, -0.05) is 13.8 Å². The Labute approximate surface area is 164 Å². The Morgan fingerprint density at radius 1 is 0.852 bits per heavy atom. The Morgan fingerprint density at radius 2 is 1.44 bits per heavy atom. The van der Waals surface area contributed by atoms with E-state index in [9.17, 15) is 0 Å². The van der Waals surface area contributed by atoms with Gasteiger partial charge in [0.05, 0.1) is 13.2 Å². The van der Waals surface area contributed by atoms with Crippen molar-refractivity contribution in [1.29, 1.82) is 0 Å². The molecule has 154 valence electrons. The van der Waals surface area contributed by atoms with Crippen LogP contribution in [0.2, 0.25) is 0 Å². The standard InChI is InChI=1S/C22H37NO4/c1-16-11-19-13-17(2)14-20(12-16)22(19)25-21(26-27-22)5-3-18(4-6-21)15-23-7-9-24-10-8-23/h16-20H,3-15H2,1-2H3/t16?,17?,18-,19?,20?,21+,22-. The lowest BCUT2D eigenvalue weighted by atomic mass is 9.61. The zero-order chi connectivity index (χ0) is 18.5. The molecule has 5 aliphatic rings. The highest BCUT2D eigenvalue weighted by atomic mass is 17.3. The second-order valence-corrected chi connectivity index (χ2v) is 10.3. The van der Waals surface area contributed by atoms with Crippen molar-refractivity contribution in [2.75, 3.05) is 32.8 Å². The zero-order valence-corrected chi connectivity index (χ0v) is 17.2. The van der Waals surface area contributed by atoms with Crippen LogP contribution in [0.5, 0.6) is 0 Å². The van der Waals surface area contributed by atoms with Crippen LogP contribution in [0, 0.1) is 29.6 Å². The minimum absolute atomic E-state index is 0.448. The van der Waals surface area contributed by atoms with E-state index in [1.54, 1.807) is 0 Å². The molecule has 2 aliphatic heterocycles. The largest absolute Gasteiger partial charge is 0.379 e. The molecule has 0 amide bonds. The Bertz CT molecular complexity index is 496. The number of rotatable bonds is 2. The molecule has 0 atom stereocenters. The van der Waals surface area contributed by atoms with E-state index in [-0.39, 0.29) is 0 Å². The van der Waals surface area contributed by atoms with E-state index in [2.05, 4.69) is 18.7 Å². The molecule has 0 N–H and O–H groups in total. The maximum absolute atomic E-state index is 6.84. The Hall–Kier alpha value is -0.200. The van der Waals surface area contributed by atoms with Crippen LogP contribution in [0.1, 0.15) is 65.2 Å². The third kappa shape index (κ3) is 3.48. The van der Waals surface area contributed by atoms with Crippen LogP contribution in [0.3, 0.4) is 0 Å². The van der Waals surface area contributed by atoms with Gasteiger partial charge in [0, 0.05) is 44.3 Å². The second-order valence-electron chi connectivity index (χ2n) is 10.3. The quantitative estimate of drug-likeness (QED) is 0.679. The van der Waals surface area contributed by atoms with Crippen LogP contribution in [-0.4, -0.2) is 49.3 Å². The average molecular weight is 380 g/mol. The van der Waals surface area contributed by atoms with Crippen LogP contribution in [-0.2, 0) is 19.2 Å². The number of morpholine rings is 1. The van der Waals surface area contributed by atoms with Crippen molar-refractivity contribution in [2.24, 2.45) is 29.6 Å². The van der Waals surface area contributed by atoms with Gasteiger partial charge in [0.2, 0.25) is 11.6 Å². The molecule has 0 radical (unpaired) electrons. The third-order valence-electron chi connectivity index (χ3n) is 8.04. The molecule has 5 fully saturated rings. The molecule has 2 bridgehead atoms. The molecule has 2 heterocycles. The van der Waals surface area contributed by atoms with Crippen molar-refractivity contribution in [1.82, 2.24) is 4.90 Å². The number of nitrogens with zero attached hydrogens (tertiary/aromatic N) is 1. The van der Waals surface area contributed by atoms with E-state index >= 15 is 0 Å². The fourth-order valence-corrected chi connectivity index (χ4v) is 6.72. The topological polar surface area (TPSA) is 40.2 Å². The van der Waals surface area contributed by atoms with E-state index in [0.717, 1.165) is 56.9 Å². The molecule has 3 saturated carbocycles. The molecule has 3 aliphatic carbocycles. The fraction of sp³-hybridized carbons (Fsp3) is 1.00. The summed E-state index contributed by atoms with van der Waals surface area (Å²) in [6.07, 6.45) is 9.21. The van der Waals surface area contributed by atoms with Gasteiger partial charge in [-0.2, -0.15) is 9.78 Å². The summed E-state index contributed by atoms with van der Waals surface area (Å²) in [5, 5.41) is 0. The summed E-state index contributed by atoms with van der Waals surface area (Å²) < 4.78 is 12.3. The van der Waals surface area contributed by atoms with E-state index < -0.39 is 11.6 Å². The molecule has 0 aromatic heterocycles. The summed E-state index contributed by atoms with van der Waals surface area (Å²) in [4.78, 5) is 14.8. The van der Waals surface area contributed by atoms with E-state index in [4.69, 9.17) is 19.2 Å². The lowest BCUT2D eigenvalue weighted by Gasteiger charge is -2.51. The Balaban J connectivity index is 1.22. The van der Waals surface area contributed by atoms with Gasteiger partial charge >= 0.3 is 0 Å². The predicted molar refractivity (Wildman–Crippen MR) is 102 cm³/mol. The highest BCUT2D eigenvalue weighted by Gasteiger charge is 2.64. The first kappa shape index (κ1) is 18.8. The van der Waals surface area contributed by atoms with Gasteiger partial charge in [-0.15, -0.1) is 0 Å². The summed E-state index contributed by atoms with van der Waals surface area (Å²) in [7, 11) is 0. The predicted octanol–water partition coefficient (Wildman–Crippen LogP) is 3.97. The highest BCUT2D eigenvalue weighted by Crippen LogP contribution is 2.59. The molecule has 2 spiro atoms. The van der Waals surface area contributed by atoms with E-state index in [1.165, 1.54) is 45.1 Å². The molecule has 27 heavy (non-hydrogen) atoms. The average Bonchev–Trinajstić information content (AvgIpc) is 3.01. The maximum atomic E-state index is 6.84. The summed E-state index contributed by atoms with van der Waals surface area (Å²) in [5.74, 6) is 2.40. The molecule has 0 unspecified atom stereocenters. The first-order chi connectivity index (χ1) is 13.1. The molecule has 2 saturated heterocycles. The highest BCUT2D eigenvalue weighted by molar-refractivity contribution is 5.01. The first-order valence-corrected chi connectivity index (χ1v) is 11.4. The van der Waals surface area contributed by atoms with Crippen molar-refractivity contribution < 1.29 is 19.2 Å². The van der Waals surface area contributed by atoms with Gasteiger partial charge in [-0.3, -0.25) is 4.90 Å². The monoisotopic (exact) mass is 379 g/mol. The van der Waals surface area contributed by atoms with Gasteiger partial charge in [0.15, 0.2) is 0 Å². The van der Waals surface area contributed by atoms with Crippen molar-refractivity contribution in [3.8, 4) is 0 Å². The first-order valence-electron chi connectivity index (χ1n) is 11.4. The summed E-state index contributed by atoms with van der Waals surface area (Å²) in [6, 6.07) is 0. The van der Waals surface area contributed by atoms with Crippen molar-refractivity contribution in [3.63, 3.8) is 0 Å². The normalized spacial score (nSPS) is 51.1. The molecule has 5 rings (SSSR count). The lowest BCUT2D eigenvalue weighted by Crippen LogP contribution is -2.56. The Kier molecular flexibility index (Phi) is 5.05. The van der Waals surface area contributed by atoms with Crippen LogP contribution in [0.15, 0.2) is 0 Å². The van der Waals surface area contributed by atoms with Gasteiger partial charge < -0.3 is 9.47 Å². The SMILES string of the molecule is CC1CC2CC(C)CC(C1)[C@]21OO[C@@]2(CC[C@H](CN3CCOCC3)CC2)O1. The maximum Gasteiger partial charge on any atom is 0.210 e. The molecule has 5 heteroatoms. The van der Waals surface area contributed by atoms with Crippen LogP contribution in [0.25, 0.3) is 0 Å². The van der Waals surface area contributed by atoms with Crippen LogP contribution < -0.4 is 0 Å². The molecule has 0 aromatic carbocycles.